The van der Waals surface area contributed by atoms with Crippen molar-refractivity contribution >= 4 is 28.1 Å². The monoisotopic (exact) mass is 222 g/mol. The summed E-state index contributed by atoms with van der Waals surface area (Å²) < 4.78 is 1.81. The van der Waals surface area contributed by atoms with Gasteiger partial charge in [0.25, 0.3) is 0 Å². The van der Waals surface area contributed by atoms with Gasteiger partial charge in [-0.3, -0.25) is 4.40 Å². The lowest BCUT2D eigenvalue weighted by molar-refractivity contribution is 1.12. The molecule has 17 heavy (non-hydrogen) atoms. The molecule has 0 fully saturated rings. The fraction of sp³-hybridized carbons (Fsp3) is 0. The maximum absolute atomic E-state index is 4.54. The van der Waals surface area contributed by atoms with Crippen molar-refractivity contribution in [2.75, 3.05) is 0 Å². The summed E-state index contributed by atoms with van der Waals surface area (Å²) in [4.78, 5) is 21.4. The van der Waals surface area contributed by atoms with Gasteiger partial charge in [-0.1, -0.05) is 0 Å². The Morgan fingerprint density at radius 1 is 0.941 bits per heavy atom. The summed E-state index contributed by atoms with van der Waals surface area (Å²) in [6, 6.07) is 3.73. The maximum atomic E-state index is 4.54. The Hall–Kier alpha value is -2.63. The molecule has 0 aliphatic rings. The predicted octanol–water partition coefficient (Wildman–Crippen LogP) is 1.22. The number of nitrogens with zero attached hydrogens (tertiary/aromatic N) is 6. The van der Waals surface area contributed by atoms with Gasteiger partial charge in [-0.25, -0.2) is 24.9 Å². The van der Waals surface area contributed by atoms with Crippen molar-refractivity contribution in [1.82, 2.24) is 29.3 Å². The standard InChI is InChI=1S/C11H6N6/c1-2-7-9(12-3-1)15-8-6-14-11-13-4-5-17(11)10(8)16-7/h1-6H. The maximum Gasteiger partial charge on any atom is 0.235 e. The summed E-state index contributed by atoms with van der Waals surface area (Å²) in [6.07, 6.45) is 6.88. The summed E-state index contributed by atoms with van der Waals surface area (Å²) in [7, 11) is 0. The Bertz CT molecular complexity index is 850. The van der Waals surface area contributed by atoms with Gasteiger partial charge in [0.05, 0.1) is 6.20 Å². The first kappa shape index (κ1) is 8.51. The first-order chi connectivity index (χ1) is 8.42. The molecule has 0 amide bonds. The molecule has 0 atom stereocenters. The molecule has 0 aliphatic heterocycles. The van der Waals surface area contributed by atoms with Gasteiger partial charge in [-0.05, 0) is 12.1 Å². The van der Waals surface area contributed by atoms with Crippen LogP contribution >= 0.6 is 0 Å². The third kappa shape index (κ3) is 1.12. The second-order valence-corrected chi connectivity index (χ2v) is 3.63. The highest BCUT2D eigenvalue weighted by Crippen LogP contribution is 2.14. The molecule has 0 aromatic carbocycles. The first-order valence-corrected chi connectivity index (χ1v) is 5.12. The molecule has 4 rings (SSSR count). The summed E-state index contributed by atoms with van der Waals surface area (Å²) in [6.45, 7) is 0. The average Bonchev–Trinajstić information content (AvgIpc) is 2.85. The molecule has 4 heterocycles. The van der Waals surface area contributed by atoms with Gasteiger partial charge in [-0.2, -0.15) is 0 Å². The molecule has 0 N–H and O–H groups in total. The van der Waals surface area contributed by atoms with E-state index in [1.54, 1.807) is 18.6 Å². The van der Waals surface area contributed by atoms with Gasteiger partial charge < -0.3 is 0 Å². The minimum absolute atomic E-state index is 0.620. The predicted molar refractivity (Wildman–Crippen MR) is 61.4 cm³/mol. The van der Waals surface area contributed by atoms with Crippen molar-refractivity contribution in [3.05, 3.63) is 36.9 Å². The first-order valence-electron chi connectivity index (χ1n) is 5.12. The Balaban J connectivity index is 2.29. The van der Waals surface area contributed by atoms with E-state index >= 15 is 0 Å². The summed E-state index contributed by atoms with van der Waals surface area (Å²) in [5.74, 6) is 0.620. The van der Waals surface area contributed by atoms with Gasteiger partial charge in [-0.15, -0.1) is 0 Å². The van der Waals surface area contributed by atoms with Crippen LogP contribution in [-0.4, -0.2) is 29.3 Å². The van der Waals surface area contributed by atoms with E-state index in [9.17, 15) is 0 Å². The van der Waals surface area contributed by atoms with E-state index in [0.29, 0.717) is 16.9 Å². The molecule has 0 spiro atoms. The van der Waals surface area contributed by atoms with E-state index in [1.807, 2.05) is 22.7 Å². The van der Waals surface area contributed by atoms with Crippen LogP contribution in [0.3, 0.4) is 0 Å². The smallest absolute Gasteiger partial charge is 0.235 e. The van der Waals surface area contributed by atoms with E-state index in [2.05, 4.69) is 24.9 Å². The molecule has 4 aromatic heterocycles. The zero-order chi connectivity index (χ0) is 11.2. The van der Waals surface area contributed by atoms with E-state index in [4.69, 9.17) is 0 Å². The van der Waals surface area contributed by atoms with Gasteiger partial charge in [0.15, 0.2) is 11.3 Å². The van der Waals surface area contributed by atoms with E-state index < -0.39 is 0 Å². The number of hydrogen-bond acceptors (Lipinski definition) is 5. The summed E-state index contributed by atoms with van der Waals surface area (Å²) in [5, 5.41) is 0. The average molecular weight is 222 g/mol. The number of rotatable bonds is 0. The summed E-state index contributed by atoms with van der Waals surface area (Å²) in [5.41, 5.74) is 2.84. The largest absolute Gasteiger partial charge is 0.266 e. The van der Waals surface area contributed by atoms with Crippen molar-refractivity contribution < 1.29 is 0 Å². The fourth-order valence-electron chi connectivity index (χ4n) is 1.84. The molecule has 0 saturated heterocycles. The zero-order valence-electron chi connectivity index (χ0n) is 8.65. The highest BCUT2D eigenvalue weighted by Gasteiger charge is 2.06. The van der Waals surface area contributed by atoms with Crippen LogP contribution in [0.15, 0.2) is 36.9 Å². The molecule has 0 saturated carbocycles. The Morgan fingerprint density at radius 3 is 2.94 bits per heavy atom. The van der Waals surface area contributed by atoms with Crippen molar-refractivity contribution in [3.63, 3.8) is 0 Å². The SMILES string of the molecule is c1cnc2nc3cnc4nccn4c3nc2c1. The van der Waals surface area contributed by atoms with Gasteiger partial charge in [0, 0.05) is 18.6 Å². The Labute approximate surface area is 95.0 Å². The van der Waals surface area contributed by atoms with Crippen LogP contribution in [0.25, 0.3) is 28.1 Å². The van der Waals surface area contributed by atoms with Crippen LogP contribution in [0.1, 0.15) is 0 Å². The molecule has 0 unspecified atom stereocenters. The molecule has 0 aliphatic carbocycles. The van der Waals surface area contributed by atoms with Crippen LogP contribution in [0.4, 0.5) is 0 Å². The van der Waals surface area contributed by atoms with Gasteiger partial charge in [0.2, 0.25) is 5.78 Å². The quantitative estimate of drug-likeness (QED) is 0.418. The number of imidazole rings is 1. The minimum atomic E-state index is 0.620. The molecular weight excluding hydrogens is 216 g/mol. The fourth-order valence-corrected chi connectivity index (χ4v) is 1.84. The van der Waals surface area contributed by atoms with Crippen molar-refractivity contribution in [2.24, 2.45) is 0 Å². The van der Waals surface area contributed by atoms with E-state index in [1.165, 1.54) is 0 Å². The van der Waals surface area contributed by atoms with Crippen LogP contribution in [-0.2, 0) is 0 Å². The second kappa shape index (κ2) is 2.94. The lowest BCUT2D eigenvalue weighted by Gasteiger charge is -2.01. The lowest BCUT2D eigenvalue weighted by atomic mass is 10.4. The zero-order valence-corrected chi connectivity index (χ0v) is 8.65. The molecule has 6 heteroatoms. The normalized spacial score (nSPS) is 11.5. The molecule has 0 bridgehead atoms. The lowest BCUT2D eigenvalue weighted by Crippen LogP contribution is -1.97. The van der Waals surface area contributed by atoms with E-state index in [-0.39, 0.29) is 0 Å². The highest BCUT2D eigenvalue weighted by atomic mass is 15.1. The van der Waals surface area contributed by atoms with Gasteiger partial charge >= 0.3 is 0 Å². The number of pyridine rings is 1. The molecule has 6 nitrogen and oxygen atoms in total. The van der Waals surface area contributed by atoms with Crippen molar-refractivity contribution in [3.8, 4) is 0 Å². The molecule has 4 aromatic rings. The van der Waals surface area contributed by atoms with Crippen LogP contribution in [0.2, 0.25) is 0 Å². The van der Waals surface area contributed by atoms with Gasteiger partial charge in [0.1, 0.15) is 11.0 Å². The van der Waals surface area contributed by atoms with E-state index in [0.717, 1.165) is 11.2 Å². The van der Waals surface area contributed by atoms with Crippen LogP contribution in [0, 0.1) is 0 Å². The molecule has 80 valence electrons. The molecule has 0 radical (unpaired) electrons. The van der Waals surface area contributed by atoms with Crippen molar-refractivity contribution in [2.45, 2.75) is 0 Å². The Morgan fingerprint density at radius 2 is 1.94 bits per heavy atom. The van der Waals surface area contributed by atoms with Crippen LogP contribution in [0.5, 0.6) is 0 Å². The topological polar surface area (TPSA) is 68.9 Å². The number of aromatic nitrogens is 6. The third-order valence-electron chi connectivity index (χ3n) is 2.60. The van der Waals surface area contributed by atoms with Crippen molar-refractivity contribution in [1.29, 1.82) is 0 Å². The number of hydrogen-bond donors (Lipinski definition) is 0. The Kier molecular flexibility index (Phi) is 1.47. The summed E-state index contributed by atoms with van der Waals surface area (Å²) >= 11 is 0. The number of fused-ring (bicyclic) bond motifs is 4. The third-order valence-corrected chi connectivity index (χ3v) is 2.60. The highest BCUT2D eigenvalue weighted by molar-refractivity contribution is 5.82. The second-order valence-electron chi connectivity index (χ2n) is 3.63. The molecular formula is C11H6N6. The van der Waals surface area contributed by atoms with Crippen LogP contribution < -0.4 is 0 Å². The minimum Gasteiger partial charge on any atom is -0.266 e.